The average molecular weight is 192 g/mol. The van der Waals surface area contributed by atoms with Gasteiger partial charge in [-0.2, -0.15) is 0 Å². The maximum Gasteiger partial charge on any atom is 0.128 e. The first kappa shape index (κ1) is 9.53. The zero-order valence-corrected chi connectivity index (χ0v) is 8.66. The van der Waals surface area contributed by atoms with Crippen molar-refractivity contribution in [3.63, 3.8) is 0 Å². The van der Waals surface area contributed by atoms with E-state index in [-0.39, 0.29) is 6.10 Å². The predicted molar refractivity (Wildman–Crippen MR) is 55.5 cm³/mol. The summed E-state index contributed by atoms with van der Waals surface area (Å²) in [6.45, 7) is 3.85. The Balaban J connectivity index is 2.43. The number of aliphatic hydroxyl groups excluding tert-OH is 1. The zero-order chi connectivity index (χ0) is 10.1. The zero-order valence-electron chi connectivity index (χ0n) is 8.66. The molecule has 2 unspecified atom stereocenters. The molecule has 0 spiro atoms. The van der Waals surface area contributed by atoms with Crippen molar-refractivity contribution in [1.29, 1.82) is 0 Å². The molecule has 0 amide bonds. The molecular weight excluding hydrogens is 176 g/mol. The quantitative estimate of drug-likeness (QED) is 0.740. The van der Waals surface area contributed by atoms with Crippen molar-refractivity contribution < 1.29 is 9.84 Å². The molecular formula is C12H16O2. The van der Waals surface area contributed by atoms with E-state index in [0.717, 1.165) is 24.2 Å². The summed E-state index contributed by atoms with van der Waals surface area (Å²) >= 11 is 0. The summed E-state index contributed by atoms with van der Waals surface area (Å²) in [5.74, 6) is 0.904. The van der Waals surface area contributed by atoms with Gasteiger partial charge < -0.3 is 9.84 Å². The fourth-order valence-corrected chi connectivity index (χ4v) is 1.89. The fourth-order valence-electron chi connectivity index (χ4n) is 1.89. The summed E-state index contributed by atoms with van der Waals surface area (Å²) in [5.41, 5.74) is 2.13. The second-order valence-electron chi connectivity index (χ2n) is 3.98. The van der Waals surface area contributed by atoms with Gasteiger partial charge >= 0.3 is 0 Å². The lowest BCUT2D eigenvalue weighted by Gasteiger charge is -2.26. The maximum atomic E-state index is 9.59. The first-order valence-corrected chi connectivity index (χ1v) is 5.15. The fraction of sp³-hybridized carbons (Fsp3) is 0.500. The van der Waals surface area contributed by atoms with E-state index < -0.39 is 6.10 Å². The average Bonchev–Trinajstić information content (AvgIpc) is 2.16. The number of para-hydroxylation sites is 1. The summed E-state index contributed by atoms with van der Waals surface area (Å²) in [5, 5.41) is 9.59. The van der Waals surface area contributed by atoms with E-state index in [4.69, 9.17) is 4.74 Å². The Morgan fingerprint density at radius 3 is 3.00 bits per heavy atom. The Labute approximate surface area is 84.5 Å². The molecule has 1 aliphatic rings. The van der Waals surface area contributed by atoms with Crippen molar-refractivity contribution in [1.82, 2.24) is 0 Å². The van der Waals surface area contributed by atoms with Gasteiger partial charge in [-0.1, -0.05) is 18.2 Å². The van der Waals surface area contributed by atoms with Crippen LogP contribution >= 0.6 is 0 Å². The van der Waals surface area contributed by atoms with Crippen molar-refractivity contribution in [3.8, 4) is 5.75 Å². The van der Waals surface area contributed by atoms with Crippen LogP contribution in [0.2, 0.25) is 0 Å². The highest BCUT2D eigenvalue weighted by Gasteiger charge is 2.20. The third-order valence-electron chi connectivity index (χ3n) is 2.72. The maximum absolute atomic E-state index is 9.59. The molecule has 2 nitrogen and oxygen atoms in total. The van der Waals surface area contributed by atoms with Gasteiger partial charge in [0, 0.05) is 5.56 Å². The third kappa shape index (κ3) is 1.62. The van der Waals surface area contributed by atoms with E-state index in [1.54, 1.807) is 6.92 Å². The lowest BCUT2D eigenvalue weighted by Crippen LogP contribution is -2.20. The lowest BCUT2D eigenvalue weighted by atomic mass is 9.98. The van der Waals surface area contributed by atoms with Crippen LogP contribution < -0.4 is 4.74 Å². The normalized spacial score (nSPS) is 22.4. The molecule has 1 aliphatic heterocycles. The minimum absolute atomic E-state index is 0.266. The van der Waals surface area contributed by atoms with E-state index in [2.05, 4.69) is 13.0 Å². The molecule has 0 saturated heterocycles. The van der Waals surface area contributed by atoms with E-state index in [1.807, 2.05) is 12.1 Å². The van der Waals surface area contributed by atoms with Gasteiger partial charge in [-0.3, -0.25) is 0 Å². The molecule has 0 fully saturated rings. The Bertz CT molecular complexity index is 331. The third-order valence-corrected chi connectivity index (χ3v) is 2.72. The summed E-state index contributed by atoms with van der Waals surface area (Å²) < 4.78 is 5.76. The van der Waals surface area contributed by atoms with Crippen LogP contribution in [0.5, 0.6) is 5.75 Å². The van der Waals surface area contributed by atoms with Crippen molar-refractivity contribution in [2.24, 2.45) is 0 Å². The van der Waals surface area contributed by atoms with Crippen molar-refractivity contribution >= 4 is 0 Å². The Hall–Kier alpha value is -1.02. The van der Waals surface area contributed by atoms with Crippen LogP contribution in [0.25, 0.3) is 0 Å². The number of aryl methyl sites for hydroxylation is 1. The topological polar surface area (TPSA) is 29.5 Å². The number of hydrogen-bond donors (Lipinski definition) is 1. The predicted octanol–water partition coefficient (Wildman–Crippen LogP) is 2.45. The standard InChI is InChI=1S/C12H16O2/c1-8-6-7-10-4-3-5-11(9(2)13)12(10)14-8/h3-5,8-9,13H,6-7H2,1-2H3. The molecule has 76 valence electrons. The number of aliphatic hydroxyl groups is 1. The van der Waals surface area contributed by atoms with E-state index >= 15 is 0 Å². The second-order valence-corrected chi connectivity index (χ2v) is 3.98. The lowest BCUT2D eigenvalue weighted by molar-refractivity contribution is 0.164. The first-order valence-electron chi connectivity index (χ1n) is 5.15. The highest BCUT2D eigenvalue weighted by Crippen LogP contribution is 2.34. The first-order chi connectivity index (χ1) is 6.68. The van der Waals surface area contributed by atoms with Crippen molar-refractivity contribution in [2.75, 3.05) is 0 Å². The minimum atomic E-state index is -0.449. The van der Waals surface area contributed by atoms with Gasteiger partial charge in [0.1, 0.15) is 5.75 Å². The molecule has 0 aliphatic carbocycles. The van der Waals surface area contributed by atoms with Gasteiger partial charge in [-0.05, 0) is 32.3 Å². The second kappa shape index (κ2) is 3.62. The van der Waals surface area contributed by atoms with Gasteiger partial charge in [0.25, 0.3) is 0 Å². The van der Waals surface area contributed by atoms with Crippen LogP contribution in [-0.2, 0) is 6.42 Å². The van der Waals surface area contributed by atoms with Gasteiger partial charge in [0.2, 0.25) is 0 Å². The van der Waals surface area contributed by atoms with Crippen LogP contribution in [0, 0.1) is 0 Å². The molecule has 0 bridgehead atoms. The highest BCUT2D eigenvalue weighted by molar-refractivity contribution is 5.44. The molecule has 0 saturated carbocycles. The Kier molecular flexibility index (Phi) is 2.46. The van der Waals surface area contributed by atoms with E-state index in [0.29, 0.717) is 0 Å². The summed E-state index contributed by atoms with van der Waals surface area (Å²) in [6.07, 6.45) is 1.94. The van der Waals surface area contributed by atoms with Gasteiger partial charge in [0.15, 0.2) is 0 Å². The van der Waals surface area contributed by atoms with E-state index in [1.165, 1.54) is 5.56 Å². The van der Waals surface area contributed by atoms with E-state index in [9.17, 15) is 5.11 Å². The van der Waals surface area contributed by atoms with Gasteiger partial charge in [-0.15, -0.1) is 0 Å². The molecule has 2 rings (SSSR count). The van der Waals surface area contributed by atoms with Crippen molar-refractivity contribution in [3.05, 3.63) is 29.3 Å². The Morgan fingerprint density at radius 2 is 2.29 bits per heavy atom. The Morgan fingerprint density at radius 1 is 1.50 bits per heavy atom. The largest absolute Gasteiger partial charge is 0.490 e. The van der Waals surface area contributed by atoms with Crippen LogP contribution in [0.15, 0.2) is 18.2 Å². The molecule has 1 aromatic carbocycles. The molecule has 1 heterocycles. The van der Waals surface area contributed by atoms with Crippen LogP contribution in [0.1, 0.15) is 37.5 Å². The number of ether oxygens (including phenoxy) is 1. The summed E-state index contributed by atoms with van der Waals surface area (Å²) in [6, 6.07) is 5.99. The molecule has 1 N–H and O–H groups in total. The van der Waals surface area contributed by atoms with Gasteiger partial charge in [-0.25, -0.2) is 0 Å². The minimum Gasteiger partial charge on any atom is -0.490 e. The number of hydrogen-bond acceptors (Lipinski definition) is 2. The van der Waals surface area contributed by atoms with Crippen LogP contribution in [0.3, 0.4) is 0 Å². The SMILES string of the molecule is CC1CCc2cccc(C(C)O)c2O1. The molecule has 0 radical (unpaired) electrons. The molecule has 2 heteroatoms. The van der Waals surface area contributed by atoms with Gasteiger partial charge in [0.05, 0.1) is 12.2 Å². The summed E-state index contributed by atoms with van der Waals surface area (Å²) in [4.78, 5) is 0. The van der Waals surface area contributed by atoms with Crippen molar-refractivity contribution in [2.45, 2.75) is 38.9 Å². The van der Waals surface area contributed by atoms with Crippen LogP contribution in [0.4, 0.5) is 0 Å². The molecule has 2 atom stereocenters. The summed E-state index contributed by atoms with van der Waals surface area (Å²) in [7, 11) is 0. The molecule has 14 heavy (non-hydrogen) atoms. The smallest absolute Gasteiger partial charge is 0.128 e. The van der Waals surface area contributed by atoms with Crippen LogP contribution in [-0.4, -0.2) is 11.2 Å². The molecule has 1 aromatic rings. The number of rotatable bonds is 1. The number of fused-ring (bicyclic) bond motifs is 1. The number of benzene rings is 1. The monoisotopic (exact) mass is 192 g/mol. The highest BCUT2D eigenvalue weighted by atomic mass is 16.5. The molecule has 0 aromatic heterocycles.